The number of carbonyl (C=O) groups is 1. The number of hydrogen-bond donors (Lipinski definition) is 0. The normalized spacial score (nSPS) is 14.3. The molecular formula is C28H32N2O3. The quantitative estimate of drug-likeness (QED) is 0.510. The summed E-state index contributed by atoms with van der Waals surface area (Å²) in [6.45, 7) is 3.22. The van der Waals surface area contributed by atoms with Crippen LogP contribution in [0.2, 0.25) is 0 Å². The Morgan fingerprint density at radius 2 is 1.36 bits per heavy atom. The maximum Gasteiger partial charge on any atom is 0.222 e. The third-order valence-corrected chi connectivity index (χ3v) is 6.34. The van der Waals surface area contributed by atoms with Gasteiger partial charge in [0.15, 0.2) is 11.5 Å². The molecule has 33 heavy (non-hydrogen) atoms. The molecule has 0 radical (unpaired) electrons. The third-order valence-electron chi connectivity index (χ3n) is 6.34. The van der Waals surface area contributed by atoms with Gasteiger partial charge in [0.05, 0.1) is 20.3 Å². The van der Waals surface area contributed by atoms with Gasteiger partial charge in [0.25, 0.3) is 0 Å². The number of benzene rings is 3. The molecule has 0 bridgehead atoms. The number of nitrogens with zero attached hydrogens (tertiary/aromatic N) is 2. The van der Waals surface area contributed by atoms with Gasteiger partial charge in [-0.05, 0) is 35.2 Å². The van der Waals surface area contributed by atoms with Crippen LogP contribution in [0.25, 0.3) is 0 Å². The van der Waals surface area contributed by atoms with Crippen molar-refractivity contribution in [3.8, 4) is 11.5 Å². The van der Waals surface area contributed by atoms with E-state index in [2.05, 4.69) is 65.6 Å². The van der Waals surface area contributed by atoms with E-state index in [-0.39, 0.29) is 11.9 Å². The molecule has 5 heteroatoms. The van der Waals surface area contributed by atoms with Crippen LogP contribution in [0.1, 0.15) is 29.2 Å². The highest BCUT2D eigenvalue weighted by molar-refractivity contribution is 5.76. The van der Waals surface area contributed by atoms with E-state index in [1.807, 2.05) is 23.1 Å². The molecule has 4 rings (SSSR count). The number of methoxy groups -OCH3 is 2. The van der Waals surface area contributed by atoms with Gasteiger partial charge in [-0.15, -0.1) is 0 Å². The Morgan fingerprint density at radius 1 is 0.788 bits per heavy atom. The smallest absolute Gasteiger partial charge is 0.222 e. The summed E-state index contributed by atoms with van der Waals surface area (Å²) < 4.78 is 10.7. The molecule has 1 heterocycles. The predicted molar refractivity (Wildman–Crippen MR) is 131 cm³/mol. The molecular weight excluding hydrogens is 412 g/mol. The number of hydrogen-bond acceptors (Lipinski definition) is 4. The molecule has 0 atom stereocenters. The van der Waals surface area contributed by atoms with E-state index in [0.717, 1.165) is 31.7 Å². The number of aryl methyl sites for hydroxylation is 1. The van der Waals surface area contributed by atoms with Gasteiger partial charge in [0.2, 0.25) is 5.91 Å². The number of piperazine rings is 1. The van der Waals surface area contributed by atoms with Crippen molar-refractivity contribution in [2.45, 2.75) is 18.9 Å². The molecule has 0 spiro atoms. The lowest BCUT2D eigenvalue weighted by Crippen LogP contribution is -2.49. The van der Waals surface area contributed by atoms with E-state index in [4.69, 9.17) is 9.47 Å². The van der Waals surface area contributed by atoms with Crippen molar-refractivity contribution in [2.75, 3.05) is 40.4 Å². The van der Waals surface area contributed by atoms with Crippen molar-refractivity contribution in [1.29, 1.82) is 0 Å². The molecule has 1 saturated heterocycles. The second kappa shape index (κ2) is 11.0. The summed E-state index contributed by atoms with van der Waals surface area (Å²) in [6, 6.07) is 27.3. The predicted octanol–water partition coefficient (Wildman–Crippen LogP) is 4.57. The summed E-state index contributed by atoms with van der Waals surface area (Å²) in [5.74, 6) is 1.61. The Kier molecular flexibility index (Phi) is 7.63. The summed E-state index contributed by atoms with van der Waals surface area (Å²) in [5.41, 5.74) is 3.65. The third kappa shape index (κ3) is 5.55. The minimum atomic E-state index is 0.205. The first-order chi connectivity index (χ1) is 16.2. The van der Waals surface area contributed by atoms with Crippen LogP contribution in [-0.2, 0) is 11.2 Å². The van der Waals surface area contributed by atoms with Crippen molar-refractivity contribution >= 4 is 5.91 Å². The lowest BCUT2D eigenvalue weighted by molar-refractivity contribution is -0.133. The fourth-order valence-corrected chi connectivity index (χ4v) is 4.56. The van der Waals surface area contributed by atoms with Crippen molar-refractivity contribution in [2.24, 2.45) is 0 Å². The number of rotatable bonds is 8. The highest BCUT2D eigenvalue weighted by Crippen LogP contribution is 2.30. The van der Waals surface area contributed by atoms with Gasteiger partial charge in [-0.2, -0.15) is 0 Å². The molecule has 0 unspecified atom stereocenters. The van der Waals surface area contributed by atoms with Gasteiger partial charge < -0.3 is 14.4 Å². The SMILES string of the molecule is COc1ccc(CCC(=O)N2CCN(C(c3ccccc3)c3ccccc3)CC2)cc1OC. The maximum atomic E-state index is 12.9. The Labute approximate surface area is 196 Å². The van der Waals surface area contributed by atoms with E-state index in [1.165, 1.54) is 11.1 Å². The van der Waals surface area contributed by atoms with Crippen LogP contribution in [0.5, 0.6) is 11.5 Å². The van der Waals surface area contributed by atoms with Crippen molar-refractivity contribution < 1.29 is 14.3 Å². The molecule has 0 aromatic heterocycles. The molecule has 1 amide bonds. The van der Waals surface area contributed by atoms with Gasteiger partial charge in [-0.1, -0.05) is 66.7 Å². The monoisotopic (exact) mass is 444 g/mol. The first kappa shape index (κ1) is 22.9. The maximum absolute atomic E-state index is 12.9. The summed E-state index contributed by atoms with van der Waals surface area (Å²) >= 11 is 0. The Bertz CT molecular complexity index is 992. The van der Waals surface area contributed by atoms with Gasteiger partial charge in [-0.25, -0.2) is 0 Å². The highest BCUT2D eigenvalue weighted by atomic mass is 16.5. The molecule has 3 aromatic carbocycles. The van der Waals surface area contributed by atoms with Crippen molar-refractivity contribution in [1.82, 2.24) is 9.80 Å². The van der Waals surface area contributed by atoms with Crippen LogP contribution in [0.4, 0.5) is 0 Å². The number of ether oxygens (including phenoxy) is 2. The molecule has 0 saturated carbocycles. The summed E-state index contributed by atoms with van der Waals surface area (Å²) in [4.78, 5) is 17.4. The van der Waals surface area contributed by atoms with Crippen molar-refractivity contribution in [3.05, 3.63) is 95.6 Å². The van der Waals surface area contributed by atoms with Gasteiger partial charge in [0.1, 0.15) is 0 Å². The molecule has 1 aliphatic heterocycles. The van der Waals surface area contributed by atoms with Gasteiger partial charge in [0, 0.05) is 32.6 Å². The van der Waals surface area contributed by atoms with E-state index < -0.39 is 0 Å². The molecule has 0 N–H and O–H groups in total. The largest absolute Gasteiger partial charge is 0.493 e. The highest BCUT2D eigenvalue weighted by Gasteiger charge is 2.28. The number of carbonyl (C=O) groups excluding carboxylic acids is 1. The minimum Gasteiger partial charge on any atom is -0.493 e. The first-order valence-electron chi connectivity index (χ1n) is 11.5. The summed E-state index contributed by atoms with van der Waals surface area (Å²) in [6.07, 6.45) is 1.19. The van der Waals surface area contributed by atoms with Crippen LogP contribution in [0.3, 0.4) is 0 Å². The molecule has 3 aromatic rings. The average molecular weight is 445 g/mol. The molecule has 0 aliphatic carbocycles. The summed E-state index contributed by atoms with van der Waals surface area (Å²) in [7, 11) is 3.26. The number of amides is 1. The first-order valence-corrected chi connectivity index (χ1v) is 11.5. The van der Waals surface area contributed by atoms with E-state index in [1.54, 1.807) is 14.2 Å². The van der Waals surface area contributed by atoms with E-state index in [0.29, 0.717) is 24.3 Å². The van der Waals surface area contributed by atoms with Crippen LogP contribution < -0.4 is 9.47 Å². The van der Waals surface area contributed by atoms with Crippen LogP contribution in [-0.4, -0.2) is 56.1 Å². The Balaban J connectivity index is 1.37. The van der Waals surface area contributed by atoms with E-state index in [9.17, 15) is 4.79 Å². The lowest BCUT2D eigenvalue weighted by atomic mass is 9.96. The van der Waals surface area contributed by atoms with Crippen molar-refractivity contribution in [3.63, 3.8) is 0 Å². The van der Waals surface area contributed by atoms with Gasteiger partial charge in [-0.3, -0.25) is 9.69 Å². The average Bonchev–Trinajstić information content (AvgIpc) is 2.89. The zero-order chi connectivity index (χ0) is 23.0. The standard InChI is InChI=1S/C28H32N2O3/c1-32-25-15-13-22(21-26(25)33-2)14-16-27(31)29-17-19-30(20-18-29)28(23-9-5-3-6-10-23)24-11-7-4-8-12-24/h3-13,15,21,28H,14,16-20H2,1-2H3. The van der Waals surface area contributed by atoms with Gasteiger partial charge >= 0.3 is 0 Å². The Hall–Kier alpha value is -3.31. The fourth-order valence-electron chi connectivity index (χ4n) is 4.56. The minimum absolute atomic E-state index is 0.205. The molecule has 1 fully saturated rings. The second-order valence-corrected chi connectivity index (χ2v) is 8.33. The molecule has 5 nitrogen and oxygen atoms in total. The zero-order valence-electron chi connectivity index (χ0n) is 19.4. The van der Waals surface area contributed by atoms with E-state index >= 15 is 0 Å². The van der Waals surface area contributed by atoms with Crippen LogP contribution in [0, 0.1) is 0 Å². The summed E-state index contributed by atoms with van der Waals surface area (Å²) in [5, 5.41) is 0. The zero-order valence-corrected chi connectivity index (χ0v) is 19.4. The Morgan fingerprint density at radius 3 is 1.91 bits per heavy atom. The molecule has 172 valence electrons. The second-order valence-electron chi connectivity index (χ2n) is 8.33. The van der Waals surface area contributed by atoms with Crippen LogP contribution >= 0.6 is 0 Å². The molecule has 1 aliphatic rings. The topological polar surface area (TPSA) is 42.0 Å². The fraction of sp³-hybridized carbons (Fsp3) is 0.321. The van der Waals surface area contributed by atoms with Crippen LogP contribution in [0.15, 0.2) is 78.9 Å². The lowest BCUT2D eigenvalue weighted by Gasteiger charge is -2.40.